The zero-order valence-electron chi connectivity index (χ0n) is 15.5. The summed E-state index contributed by atoms with van der Waals surface area (Å²) in [5.41, 5.74) is 5.08. The van der Waals surface area contributed by atoms with Crippen LogP contribution in [0.5, 0.6) is 0 Å². The van der Waals surface area contributed by atoms with Crippen LogP contribution in [0.15, 0.2) is 60.0 Å². The molecular formula is C22H23N3S2. The number of rotatable bonds is 4. The van der Waals surface area contributed by atoms with Crippen molar-refractivity contribution >= 4 is 39.5 Å². The molecule has 0 spiro atoms. The smallest absolute Gasteiger partial charge is 0.189 e. The maximum atomic E-state index is 5.41. The van der Waals surface area contributed by atoms with Crippen molar-refractivity contribution in [2.24, 2.45) is 0 Å². The standard InChI is InChI=1S/C22H23N3S2/c1-15-8-10-18(11-9-15)23-20(26)25-21-24-19(14-27-21)16-12-22(2,13-16)17-6-4-3-5-7-17/h3-11,14,16H,12-13H2,1-2H3,(H2,23,24,25,26). The summed E-state index contributed by atoms with van der Waals surface area (Å²) in [7, 11) is 0. The lowest BCUT2D eigenvalue weighted by atomic mass is 9.59. The van der Waals surface area contributed by atoms with Crippen LogP contribution < -0.4 is 10.6 Å². The number of nitrogens with zero attached hydrogens (tertiary/aromatic N) is 1. The number of thiocarbonyl (C=S) groups is 1. The Kier molecular flexibility index (Phi) is 4.98. The second-order valence-corrected chi connectivity index (χ2v) is 8.82. The molecule has 27 heavy (non-hydrogen) atoms. The molecule has 1 aromatic heterocycles. The van der Waals surface area contributed by atoms with Crippen LogP contribution in [0.1, 0.15) is 42.5 Å². The van der Waals surface area contributed by atoms with Crippen molar-refractivity contribution < 1.29 is 0 Å². The minimum Gasteiger partial charge on any atom is -0.332 e. The van der Waals surface area contributed by atoms with Crippen LogP contribution in [0.25, 0.3) is 0 Å². The molecule has 2 aromatic carbocycles. The average Bonchev–Trinajstić information content (AvgIpc) is 3.09. The van der Waals surface area contributed by atoms with Gasteiger partial charge in [-0.25, -0.2) is 4.98 Å². The number of anilines is 2. The van der Waals surface area contributed by atoms with Crippen LogP contribution in [0.2, 0.25) is 0 Å². The van der Waals surface area contributed by atoms with E-state index in [0.717, 1.165) is 23.7 Å². The van der Waals surface area contributed by atoms with Gasteiger partial charge in [-0.05, 0) is 55.1 Å². The molecule has 0 radical (unpaired) electrons. The minimum absolute atomic E-state index is 0.269. The van der Waals surface area contributed by atoms with E-state index in [4.69, 9.17) is 17.2 Å². The number of aromatic nitrogens is 1. The Balaban J connectivity index is 1.34. The summed E-state index contributed by atoms with van der Waals surface area (Å²) in [5.74, 6) is 0.528. The molecule has 138 valence electrons. The van der Waals surface area contributed by atoms with E-state index in [1.165, 1.54) is 16.8 Å². The van der Waals surface area contributed by atoms with Gasteiger partial charge in [0.15, 0.2) is 10.2 Å². The maximum Gasteiger partial charge on any atom is 0.189 e. The number of benzene rings is 2. The summed E-state index contributed by atoms with van der Waals surface area (Å²) in [5, 5.41) is 9.99. The molecule has 3 nitrogen and oxygen atoms in total. The SMILES string of the molecule is Cc1ccc(NC(=S)Nc2nc(C3CC(C)(c4ccccc4)C3)cs2)cc1. The van der Waals surface area contributed by atoms with E-state index in [1.807, 2.05) is 12.1 Å². The molecule has 0 unspecified atom stereocenters. The highest BCUT2D eigenvalue weighted by Gasteiger charge is 2.43. The zero-order valence-corrected chi connectivity index (χ0v) is 17.2. The van der Waals surface area contributed by atoms with E-state index >= 15 is 0 Å². The molecule has 3 aromatic rings. The summed E-state index contributed by atoms with van der Waals surface area (Å²) in [6, 6.07) is 19.0. The summed E-state index contributed by atoms with van der Waals surface area (Å²) < 4.78 is 0. The van der Waals surface area contributed by atoms with Gasteiger partial charge in [0, 0.05) is 17.0 Å². The third-order valence-electron chi connectivity index (χ3n) is 5.33. The van der Waals surface area contributed by atoms with Gasteiger partial charge in [0.05, 0.1) is 5.69 Å². The molecular weight excluding hydrogens is 370 g/mol. The van der Waals surface area contributed by atoms with Crippen molar-refractivity contribution in [2.75, 3.05) is 10.6 Å². The van der Waals surface area contributed by atoms with E-state index in [1.54, 1.807) is 11.3 Å². The van der Waals surface area contributed by atoms with Crippen LogP contribution in [-0.4, -0.2) is 10.1 Å². The predicted octanol–water partition coefficient (Wildman–Crippen LogP) is 6.10. The van der Waals surface area contributed by atoms with Crippen LogP contribution in [0.4, 0.5) is 10.8 Å². The van der Waals surface area contributed by atoms with Crippen molar-refractivity contribution in [3.63, 3.8) is 0 Å². The minimum atomic E-state index is 0.269. The summed E-state index contributed by atoms with van der Waals surface area (Å²) in [6.45, 7) is 4.42. The number of thiazole rings is 1. The molecule has 1 aliphatic rings. The Hall–Kier alpha value is -2.24. The summed E-state index contributed by atoms with van der Waals surface area (Å²) in [6.07, 6.45) is 2.29. The zero-order chi connectivity index (χ0) is 18.9. The number of hydrogen-bond acceptors (Lipinski definition) is 3. The van der Waals surface area contributed by atoms with Crippen LogP contribution in [0.3, 0.4) is 0 Å². The first kappa shape index (κ1) is 18.1. The molecule has 5 heteroatoms. The Morgan fingerprint density at radius 2 is 1.78 bits per heavy atom. The number of nitrogens with one attached hydrogen (secondary N) is 2. The molecule has 0 bridgehead atoms. The third-order valence-corrected chi connectivity index (χ3v) is 6.31. The first-order chi connectivity index (χ1) is 13.0. The molecule has 1 heterocycles. The van der Waals surface area contributed by atoms with Gasteiger partial charge in [0.2, 0.25) is 0 Å². The van der Waals surface area contributed by atoms with Gasteiger partial charge in [0.25, 0.3) is 0 Å². The lowest BCUT2D eigenvalue weighted by Gasteiger charge is -2.45. The largest absolute Gasteiger partial charge is 0.332 e. The summed E-state index contributed by atoms with van der Waals surface area (Å²) in [4.78, 5) is 4.77. The fourth-order valence-corrected chi connectivity index (χ4v) is 4.82. The maximum absolute atomic E-state index is 5.41. The Bertz CT molecular complexity index is 926. The van der Waals surface area contributed by atoms with Crippen molar-refractivity contribution in [1.29, 1.82) is 0 Å². The highest BCUT2D eigenvalue weighted by molar-refractivity contribution is 7.80. The monoisotopic (exact) mass is 393 g/mol. The van der Waals surface area contributed by atoms with Gasteiger partial charge < -0.3 is 10.6 Å². The molecule has 0 amide bonds. The average molecular weight is 394 g/mol. The third kappa shape index (κ3) is 4.04. The van der Waals surface area contributed by atoms with E-state index < -0.39 is 0 Å². The lowest BCUT2D eigenvalue weighted by molar-refractivity contribution is 0.222. The number of aryl methyl sites for hydroxylation is 1. The molecule has 2 N–H and O–H groups in total. The van der Waals surface area contributed by atoms with Crippen LogP contribution in [0, 0.1) is 6.92 Å². The van der Waals surface area contributed by atoms with Gasteiger partial charge in [-0.15, -0.1) is 11.3 Å². The fraction of sp³-hybridized carbons (Fsp3) is 0.273. The second kappa shape index (κ2) is 7.41. The Labute approximate surface area is 169 Å². The molecule has 1 fully saturated rings. The van der Waals surface area contributed by atoms with E-state index in [9.17, 15) is 0 Å². The fourth-order valence-electron chi connectivity index (χ4n) is 3.74. The first-order valence-corrected chi connectivity index (χ1v) is 10.5. The lowest BCUT2D eigenvalue weighted by Crippen LogP contribution is -2.37. The first-order valence-electron chi connectivity index (χ1n) is 9.17. The van der Waals surface area contributed by atoms with E-state index in [2.05, 4.69) is 72.3 Å². The van der Waals surface area contributed by atoms with E-state index in [-0.39, 0.29) is 5.41 Å². The molecule has 4 rings (SSSR count). The molecule has 1 aliphatic carbocycles. The second-order valence-electron chi connectivity index (χ2n) is 7.55. The quantitative estimate of drug-likeness (QED) is 0.526. The molecule has 0 aliphatic heterocycles. The van der Waals surface area contributed by atoms with Crippen molar-refractivity contribution in [2.45, 2.75) is 38.0 Å². The molecule has 0 saturated heterocycles. The topological polar surface area (TPSA) is 37.0 Å². The van der Waals surface area contributed by atoms with Crippen LogP contribution >= 0.6 is 23.6 Å². The highest BCUT2D eigenvalue weighted by atomic mass is 32.1. The highest BCUT2D eigenvalue weighted by Crippen LogP contribution is 2.52. The van der Waals surface area contributed by atoms with Gasteiger partial charge in [-0.3, -0.25) is 0 Å². The Morgan fingerprint density at radius 1 is 1.07 bits per heavy atom. The normalized spacial score (nSPS) is 21.3. The molecule has 0 atom stereocenters. The van der Waals surface area contributed by atoms with Crippen molar-refractivity contribution in [3.05, 3.63) is 76.8 Å². The van der Waals surface area contributed by atoms with Gasteiger partial charge >= 0.3 is 0 Å². The van der Waals surface area contributed by atoms with Gasteiger partial charge in [0.1, 0.15) is 0 Å². The van der Waals surface area contributed by atoms with Crippen molar-refractivity contribution in [1.82, 2.24) is 4.98 Å². The van der Waals surface area contributed by atoms with Crippen LogP contribution in [-0.2, 0) is 5.41 Å². The number of hydrogen-bond donors (Lipinski definition) is 2. The van der Waals surface area contributed by atoms with Crippen molar-refractivity contribution in [3.8, 4) is 0 Å². The predicted molar refractivity (Wildman–Crippen MR) is 119 cm³/mol. The van der Waals surface area contributed by atoms with E-state index in [0.29, 0.717) is 11.0 Å². The molecule has 1 saturated carbocycles. The Morgan fingerprint density at radius 3 is 2.48 bits per heavy atom. The summed E-state index contributed by atoms with van der Waals surface area (Å²) >= 11 is 7.03. The van der Waals surface area contributed by atoms with Gasteiger partial charge in [-0.2, -0.15) is 0 Å². The van der Waals surface area contributed by atoms with Gasteiger partial charge in [-0.1, -0.05) is 55.0 Å².